The predicted molar refractivity (Wildman–Crippen MR) is 81.2 cm³/mol. The zero-order chi connectivity index (χ0) is 15.3. The Labute approximate surface area is 125 Å². The monoisotopic (exact) mass is 315 g/mol. The van der Waals surface area contributed by atoms with Gasteiger partial charge in [0.25, 0.3) is 0 Å². The second-order valence-electron chi connectivity index (χ2n) is 5.05. The summed E-state index contributed by atoms with van der Waals surface area (Å²) in [5.41, 5.74) is 0. The lowest BCUT2D eigenvalue weighted by molar-refractivity contribution is 0.179. The van der Waals surface area contributed by atoms with Crippen LogP contribution in [0.5, 0.6) is 0 Å². The molecule has 20 heavy (non-hydrogen) atoms. The minimum absolute atomic E-state index is 0.190. The first kappa shape index (κ1) is 17.1. The van der Waals surface area contributed by atoms with Crippen LogP contribution in [0.1, 0.15) is 32.6 Å². The molecule has 7 heteroatoms. The number of nitrogens with zero attached hydrogens (tertiary/aromatic N) is 2. The summed E-state index contributed by atoms with van der Waals surface area (Å²) in [6.45, 7) is 9.38. The molecule has 0 bridgehead atoms. The van der Waals surface area contributed by atoms with E-state index < -0.39 is 10.0 Å². The average molecular weight is 315 g/mol. The highest BCUT2D eigenvalue weighted by atomic mass is 32.2. The average Bonchev–Trinajstić information content (AvgIpc) is 2.83. The van der Waals surface area contributed by atoms with Gasteiger partial charge < -0.3 is 0 Å². The van der Waals surface area contributed by atoms with Gasteiger partial charge in [0, 0.05) is 25.2 Å². The third-order valence-electron chi connectivity index (χ3n) is 2.95. The fourth-order valence-corrected chi connectivity index (χ4v) is 4.19. The third-order valence-corrected chi connectivity index (χ3v) is 5.89. The molecule has 0 aliphatic heterocycles. The van der Waals surface area contributed by atoms with Gasteiger partial charge in [-0.15, -0.1) is 11.3 Å². The second kappa shape index (κ2) is 7.18. The topological polar surface area (TPSA) is 73.2 Å². The van der Waals surface area contributed by atoms with Crippen molar-refractivity contribution in [1.29, 1.82) is 5.26 Å². The minimum Gasteiger partial charge on any atom is -0.297 e. The van der Waals surface area contributed by atoms with Crippen LogP contribution in [-0.4, -0.2) is 38.5 Å². The molecule has 0 saturated heterocycles. The Morgan fingerprint density at radius 2 is 1.90 bits per heavy atom. The fraction of sp³-hybridized carbons (Fsp3) is 0.615. The van der Waals surface area contributed by atoms with Gasteiger partial charge >= 0.3 is 0 Å². The molecule has 0 spiro atoms. The Morgan fingerprint density at radius 1 is 1.30 bits per heavy atom. The van der Waals surface area contributed by atoms with E-state index in [1.165, 1.54) is 12.1 Å². The molecule has 1 rings (SSSR count). The minimum atomic E-state index is -3.51. The normalized spacial score (nSPS) is 12.3. The third kappa shape index (κ3) is 4.56. The molecule has 0 unspecified atom stereocenters. The van der Waals surface area contributed by atoms with E-state index >= 15 is 0 Å². The van der Waals surface area contributed by atoms with Gasteiger partial charge in [-0.05, 0) is 39.8 Å². The molecule has 0 aromatic carbocycles. The zero-order valence-corrected chi connectivity index (χ0v) is 13.9. The van der Waals surface area contributed by atoms with Gasteiger partial charge in [-0.2, -0.15) is 5.26 Å². The van der Waals surface area contributed by atoms with E-state index in [1.807, 2.05) is 6.07 Å². The lowest BCUT2D eigenvalue weighted by Crippen LogP contribution is -2.42. The van der Waals surface area contributed by atoms with Gasteiger partial charge in [-0.25, -0.2) is 13.1 Å². The maximum atomic E-state index is 12.1. The lowest BCUT2D eigenvalue weighted by atomic mass is 10.2. The van der Waals surface area contributed by atoms with E-state index in [0.717, 1.165) is 11.3 Å². The van der Waals surface area contributed by atoms with Crippen LogP contribution in [0, 0.1) is 11.3 Å². The summed E-state index contributed by atoms with van der Waals surface area (Å²) in [4.78, 5) is 2.62. The number of thiophene rings is 1. The number of hydrogen-bond acceptors (Lipinski definition) is 5. The molecular formula is C13H21N3O2S2. The molecule has 1 aromatic heterocycles. The maximum absolute atomic E-state index is 12.1. The van der Waals surface area contributed by atoms with Crippen molar-refractivity contribution in [3.8, 4) is 6.07 Å². The summed E-state index contributed by atoms with van der Waals surface area (Å²) >= 11 is 0.986. The van der Waals surface area contributed by atoms with Crippen molar-refractivity contribution in [3.63, 3.8) is 0 Å². The van der Waals surface area contributed by atoms with Gasteiger partial charge in [-0.1, -0.05) is 0 Å². The van der Waals surface area contributed by atoms with Gasteiger partial charge in [0.15, 0.2) is 0 Å². The van der Waals surface area contributed by atoms with E-state index in [9.17, 15) is 8.42 Å². The van der Waals surface area contributed by atoms with Gasteiger partial charge in [-0.3, -0.25) is 4.90 Å². The molecule has 0 aliphatic carbocycles. The smallest absolute Gasteiger partial charge is 0.250 e. The molecule has 0 radical (unpaired) electrons. The van der Waals surface area contributed by atoms with Crippen molar-refractivity contribution in [2.45, 2.75) is 44.0 Å². The van der Waals surface area contributed by atoms with Crippen molar-refractivity contribution >= 4 is 21.4 Å². The quantitative estimate of drug-likeness (QED) is 0.835. The Balaban J connectivity index is 2.62. The summed E-state index contributed by atoms with van der Waals surface area (Å²) < 4.78 is 26.9. The van der Waals surface area contributed by atoms with Crippen LogP contribution in [0.15, 0.2) is 16.3 Å². The summed E-state index contributed by atoms with van der Waals surface area (Å²) in [7, 11) is -3.51. The molecule has 1 heterocycles. The highest BCUT2D eigenvalue weighted by Crippen LogP contribution is 2.20. The van der Waals surface area contributed by atoms with Crippen molar-refractivity contribution < 1.29 is 8.42 Å². The van der Waals surface area contributed by atoms with Crippen LogP contribution >= 0.6 is 11.3 Å². The highest BCUT2D eigenvalue weighted by Gasteiger charge is 2.18. The van der Waals surface area contributed by atoms with Crippen molar-refractivity contribution in [3.05, 3.63) is 17.0 Å². The second-order valence-corrected chi connectivity index (χ2v) is 8.13. The zero-order valence-electron chi connectivity index (χ0n) is 12.3. The Bertz CT molecular complexity index is 563. The van der Waals surface area contributed by atoms with E-state index in [-0.39, 0.29) is 4.21 Å². The van der Waals surface area contributed by atoms with E-state index in [2.05, 4.69) is 37.3 Å². The lowest BCUT2D eigenvalue weighted by Gasteiger charge is -2.30. The summed E-state index contributed by atoms with van der Waals surface area (Å²) in [5.74, 6) is 0. The van der Waals surface area contributed by atoms with E-state index in [0.29, 0.717) is 30.1 Å². The van der Waals surface area contributed by atoms with Crippen LogP contribution in [0.3, 0.4) is 0 Å². The van der Waals surface area contributed by atoms with Gasteiger partial charge in [0.1, 0.15) is 15.2 Å². The predicted octanol–water partition coefficient (Wildman–Crippen LogP) is 2.02. The van der Waals surface area contributed by atoms with Gasteiger partial charge in [0.05, 0.1) is 0 Å². The molecule has 0 atom stereocenters. The molecule has 0 aliphatic rings. The van der Waals surface area contributed by atoms with E-state index in [4.69, 9.17) is 5.26 Å². The summed E-state index contributed by atoms with van der Waals surface area (Å²) in [6, 6.07) is 5.66. The molecule has 5 nitrogen and oxygen atoms in total. The van der Waals surface area contributed by atoms with Crippen molar-refractivity contribution in [1.82, 2.24) is 9.62 Å². The van der Waals surface area contributed by atoms with Crippen LogP contribution in [0.4, 0.5) is 0 Å². The molecular weight excluding hydrogens is 294 g/mol. The first-order valence-corrected chi connectivity index (χ1v) is 8.83. The standard InChI is InChI=1S/C13H21N3O2S2/c1-10(2)16(11(3)4)8-7-15-20(17,18)13-6-5-12(9-14)19-13/h5-6,10-11,15H,7-8H2,1-4H3. The molecule has 0 amide bonds. The summed E-state index contributed by atoms with van der Waals surface area (Å²) in [5, 5.41) is 8.73. The van der Waals surface area contributed by atoms with Crippen molar-refractivity contribution in [2.24, 2.45) is 0 Å². The van der Waals surface area contributed by atoms with Crippen LogP contribution in [0.2, 0.25) is 0 Å². The molecule has 1 aromatic rings. The molecule has 112 valence electrons. The highest BCUT2D eigenvalue weighted by molar-refractivity contribution is 7.91. The molecule has 0 fully saturated rings. The molecule has 1 N–H and O–H groups in total. The number of nitriles is 1. The van der Waals surface area contributed by atoms with E-state index in [1.54, 1.807) is 0 Å². The fourth-order valence-electron chi connectivity index (χ4n) is 2.02. The van der Waals surface area contributed by atoms with Crippen LogP contribution in [0.25, 0.3) is 0 Å². The number of rotatable bonds is 7. The van der Waals surface area contributed by atoms with Crippen LogP contribution < -0.4 is 4.72 Å². The Morgan fingerprint density at radius 3 is 2.35 bits per heavy atom. The summed E-state index contributed by atoms with van der Waals surface area (Å²) in [6.07, 6.45) is 0. The first-order chi connectivity index (χ1) is 9.27. The first-order valence-electron chi connectivity index (χ1n) is 6.53. The number of sulfonamides is 1. The largest absolute Gasteiger partial charge is 0.297 e. The maximum Gasteiger partial charge on any atom is 0.250 e. The SMILES string of the molecule is CC(C)N(CCNS(=O)(=O)c1ccc(C#N)s1)C(C)C. The Kier molecular flexibility index (Phi) is 6.14. The number of nitrogens with one attached hydrogen (secondary N) is 1. The molecule has 0 saturated carbocycles. The Hall–Kier alpha value is -0.940. The van der Waals surface area contributed by atoms with Gasteiger partial charge in [0.2, 0.25) is 10.0 Å². The number of hydrogen-bond donors (Lipinski definition) is 1. The van der Waals surface area contributed by atoms with Crippen LogP contribution in [-0.2, 0) is 10.0 Å². The van der Waals surface area contributed by atoms with Crippen molar-refractivity contribution in [2.75, 3.05) is 13.1 Å².